The van der Waals surface area contributed by atoms with E-state index in [4.69, 9.17) is 40.7 Å². The van der Waals surface area contributed by atoms with Crippen molar-refractivity contribution >= 4 is 46.4 Å². The van der Waals surface area contributed by atoms with Crippen LogP contribution in [0.15, 0.2) is 18.2 Å². The van der Waals surface area contributed by atoms with Gasteiger partial charge in [-0.2, -0.15) is 5.26 Å². The van der Waals surface area contributed by atoms with Crippen LogP contribution in [0.2, 0.25) is 10.0 Å². The summed E-state index contributed by atoms with van der Waals surface area (Å²) in [5.74, 6) is -0.327. The lowest BCUT2D eigenvalue weighted by molar-refractivity contribution is 0.0969. The van der Waals surface area contributed by atoms with Gasteiger partial charge in [0, 0.05) is 54.8 Å². The molecule has 0 unspecified atom stereocenters. The molecule has 1 amide bonds. The average molecular weight is 371 g/mol. The molecule has 1 heterocycles. The summed E-state index contributed by atoms with van der Waals surface area (Å²) in [6.45, 7) is 3.85. The van der Waals surface area contributed by atoms with Crippen molar-refractivity contribution in [3.63, 3.8) is 0 Å². The Labute approximate surface area is 150 Å². The molecule has 0 aliphatic carbocycles. The van der Waals surface area contributed by atoms with Crippen molar-refractivity contribution in [1.82, 2.24) is 15.1 Å². The molecule has 1 aromatic rings. The number of hydrogen-bond donors (Lipinski definition) is 1. The Morgan fingerprint density at radius 1 is 1.22 bits per heavy atom. The molecule has 5 nitrogen and oxygen atoms in total. The fourth-order valence-corrected chi connectivity index (χ4v) is 3.12. The lowest BCUT2D eigenvalue weighted by Crippen LogP contribution is -2.52. The average Bonchev–Trinajstić information content (AvgIpc) is 2.52. The highest BCUT2D eigenvalue weighted by Crippen LogP contribution is 2.19. The van der Waals surface area contributed by atoms with Gasteiger partial charge in [0.2, 0.25) is 0 Å². The van der Waals surface area contributed by atoms with Crippen molar-refractivity contribution in [3.8, 4) is 6.07 Å². The number of nitriles is 1. The summed E-state index contributed by atoms with van der Waals surface area (Å²) < 4.78 is 0. The first-order valence-corrected chi connectivity index (χ1v) is 8.31. The number of benzene rings is 1. The number of carbonyl (C=O) groups is 1. The molecule has 1 N–H and O–H groups in total. The van der Waals surface area contributed by atoms with Crippen LogP contribution >= 0.6 is 35.4 Å². The van der Waals surface area contributed by atoms with E-state index in [0.29, 0.717) is 27.1 Å². The standard InChI is InChI=1S/C15H16Cl2N4OS/c16-12-8-11(9-13(17)10-12)14(22)19-15(23)21-6-4-20(5-7-21)3-1-2-18/h8-10H,1,3-7H2,(H,19,22,23). The first kappa shape index (κ1) is 18.0. The Kier molecular flexibility index (Phi) is 6.60. The number of amides is 1. The van der Waals surface area contributed by atoms with E-state index in [1.165, 1.54) is 0 Å². The van der Waals surface area contributed by atoms with Crippen LogP contribution in [0.25, 0.3) is 0 Å². The van der Waals surface area contributed by atoms with Crippen molar-refractivity contribution in [1.29, 1.82) is 5.26 Å². The molecule has 1 saturated heterocycles. The molecule has 0 saturated carbocycles. The van der Waals surface area contributed by atoms with Crippen LogP contribution in [0.3, 0.4) is 0 Å². The summed E-state index contributed by atoms with van der Waals surface area (Å²) >= 11 is 17.1. The van der Waals surface area contributed by atoms with Crippen LogP contribution in [0, 0.1) is 11.3 Å². The number of carbonyl (C=O) groups excluding carboxylic acids is 1. The quantitative estimate of drug-likeness (QED) is 0.828. The minimum absolute atomic E-state index is 0.327. The van der Waals surface area contributed by atoms with Gasteiger partial charge in [0.15, 0.2) is 5.11 Å². The zero-order valence-corrected chi connectivity index (χ0v) is 14.7. The van der Waals surface area contributed by atoms with E-state index in [0.717, 1.165) is 32.7 Å². The summed E-state index contributed by atoms with van der Waals surface area (Å²) in [5.41, 5.74) is 0.373. The highest BCUT2D eigenvalue weighted by molar-refractivity contribution is 7.80. The van der Waals surface area contributed by atoms with E-state index in [2.05, 4.69) is 16.3 Å². The highest BCUT2D eigenvalue weighted by Gasteiger charge is 2.20. The molecule has 1 fully saturated rings. The topological polar surface area (TPSA) is 59.4 Å². The van der Waals surface area contributed by atoms with Crippen LogP contribution in [0.4, 0.5) is 0 Å². The van der Waals surface area contributed by atoms with Gasteiger partial charge in [0.25, 0.3) is 5.91 Å². The lowest BCUT2D eigenvalue weighted by Gasteiger charge is -2.35. The van der Waals surface area contributed by atoms with Gasteiger partial charge in [-0.3, -0.25) is 15.0 Å². The first-order valence-electron chi connectivity index (χ1n) is 7.15. The summed E-state index contributed by atoms with van der Waals surface area (Å²) in [6, 6.07) is 6.80. The van der Waals surface area contributed by atoms with Crippen molar-refractivity contribution < 1.29 is 4.79 Å². The molecular formula is C15H16Cl2N4OS. The number of rotatable bonds is 3. The second-order valence-electron chi connectivity index (χ2n) is 5.15. The second kappa shape index (κ2) is 8.46. The predicted octanol–water partition coefficient (Wildman–Crippen LogP) is 2.54. The predicted molar refractivity (Wildman–Crippen MR) is 94.8 cm³/mol. The van der Waals surface area contributed by atoms with Crippen LogP contribution in [-0.2, 0) is 0 Å². The highest BCUT2D eigenvalue weighted by atomic mass is 35.5. The first-order chi connectivity index (χ1) is 11.0. The Bertz CT molecular complexity index is 619. The number of piperazine rings is 1. The third-order valence-electron chi connectivity index (χ3n) is 3.54. The molecule has 0 bridgehead atoms. The monoisotopic (exact) mass is 370 g/mol. The summed E-state index contributed by atoms with van der Waals surface area (Å²) in [4.78, 5) is 16.4. The molecular weight excluding hydrogens is 355 g/mol. The van der Waals surface area contributed by atoms with E-state index >= 15 is 0 Å². The van der Waals surface area contributed by atoms with E-state index in [1.54, 1.807) is 18.2 Å². The Hall–Kier alpha value is -1.39. The maximum Gasteiger partial charge on any atom is 0.257 e. The van der Waals surface area contributed by atoms with Crippen molar-refractivity contribution in [2.24, 2.45) is 0 Å². The Morgan fingerprint density at radius 2 is 1.83 bits per heavy atom. The van der Waals surface area contributed by atoms with E-state index in [9.17, 15) is 4.79 Å². The molecule has 0 atom stereocenters. The minimum atomic E-state index is -0.327. The van der Waals surface area contributed by atoms with Crippen LogP contribution in [0.5, 0.6) is 0 Å². The zero-order valence-electron chi connectivity index (χ0n) is 12.4. The van der Waals surface area contributed by atoms with Crippen molar-refractivity contribution in [3.05, 3.63) is 33.8 Å². The molecule has 0 radical (unpaired) electrons. The number of thiocarbonyl (C=S) groups is 1. The fraction of sp³-hybridized carbons (Fsp3) is 0.400. The van der Waals surface area contributed by atoms with Gasteiger partial charge in [0.05, 0.1) is 6.07 Å². The fourth-order valence-electron chi connectivity index (χ4n) is 2.32. The van der Waals surface area contributed by atoms with Gasteiger partial charge in [-0.05, 0) is 30.4 Å². The van der Waals surface area contributed by atoms with Gasteiger partial charge < -0.3 is 4.90 Å². The third-order valence-corrected chi connectivity index (χ3v) is 4.34. The summed E-state index contributed by atoms with van der Waals surface area (Å²) in [6.07, 6.45) is 0.525. The van der Waals surface area contributed by atoms with Gasteiger partial charge in [-0.15, -0.1) is 0 Å². The van der Waals surface area contributed by atoms with E-state index < -0.39 is 0 Å². The molecule has 1 aliphatic rings. The van der Waals surface area contributed by atoms with E-state index in [-0.39, 0.29) is 5.91 Å². The second-order valence-corrected chi connectivity index (χ2v) is 6.41. The Balaban J connectivity index is 1.87. The van der Waals surface area contributed by atoms with Crippen LogP contribution in [-0.4, -0.2) is 53.5 Å². The molecule has 8 heteroatoms. The van der Waals surface area contributed by atoms with E-state index in [1.807, 2.05) is 4.90 Å². The molecule has 1 aliphatic heterocycles. The minimum Gasteiger partial charge on any atom is -0.346 e. The van der Waals surface area contributed by atoms with Crippen molar-refractivity contribution in [2.45, 2.75) is 6.42 Å². The zero-order chi connectivity index (χ0) is 16.8. The smallest absolute Gasteiger partial charge is 0.257 e. The number of halogens is 2. The Morgan fingerprint density at radius 3 is 2.39 bits per heavy atom. The van der Waals surface area contributed by atoms with Gasteiger partial charge in [-0.25, -0.2) is 0 Å². The third kappa shape index (κ3) is 5.33. The van der Waals surface area contributed by atoms with Crippen LogP contribution < -0.4 is 5.32 Å². The van der Waals surface area contributed by atoms with Gasteiger partial charge >= 0.3 is 0 Å². The molecule has 122 valence electrons. The van der Waals surface area contributed by atoms with Crippen LogP contribution in [0.1, 0.15) is 16.8 Å². The molecule has 1 aromatic carbocycles. The molecule has 0 spiro atoms. The lowest BCUT2D eigenvalue weighted by atomic mass is 10.2. The van der Waals surface area contributed by atoms with Gasteiger partial charge in [-0.1, -0.05) is 23.2 Å². The number of nitrogens with one attached hydrogen (secondary N) is 1. The van der Waals surface area contributed by atoms with Crippen molar-refractivity contribution in [2.75, 3.05) is 32.7 Å². The maximum absolute atomic E-state index is 12.2. The normalized spacial score (nSPS) is 15.1. The summed E-state index contributed by atoms with van der Waals surface area (Å²) in [5, 5.41) is 12.5. The number of nitrogens with zero attached hydrogens (tertiary/aromatic N) is 3. The molecule has 23 heavy (non-hydrogen) atoms. The SMILES string of the molecule is N#CCCN1CCN(C(=S)NC(=O)c2cc(Cl)cc(Cl)c2)CC1. The summed E-state index contributed by atoms with van der Waals surface area (Å²) in [7, 11) is 0. The van der Waals surface area contributed by atoms with Gasteiger partial charge in [0.1, 0.15) is 0 Å². The number of hydrogen-bond acceptors (Lipinski definition) is 4. The molecule has 0 aromatic heterocycles. The largest absolute Gasteiger partial charge is 0.346 e. The molecule has 2 rings (SSSR count). The maximum atomic E-state index is 12.2.